The third-order valence-corrected chi connectivity index (χ3v) is 3.69. The summed E-state index contributed by atoms with van der Waals surface area (Å²) in [6.45, 7) is 4.62. The fourth-order valence-electron chi connectivity index (χ4n) is 1.64. The normalized spacial score (nSPS) is 11.2. The predicted octanol–water partition coefficient (Wildman–Crippen LogP) is 2.18. The molecule has 0 N–H and O–H groups in total. The van der Waals surface area contributed by atoms with E-state index in [1.54, 1.807) is 11.3 Å². The van der Waals surface area contributed by atoms with E-state index in [0.29, 0.717) is 18.3 Å². The molecular weight excluding hydrogens is 278 g/mol. The third-order valence-electron chi connectivity index (χ3n) is 2.83. The molecule has 0 aliphatic heterocycles. The van der Waals surface area contributed by atoms with Crippen LogP contribution >= 0.6 is 11.3 Å². The first-order valence-electron chi connectivity index (χ1n) is 6.27. The van der Waals surface area contributed by atoms with Gasteiger partial charge in [-0.25, -0.2) is 0 Å². The van der Waals surface area contributed by atoms with Crippen LogP contribution < -0.4 is 0 Å². The quantitative estimate of drug-likeness (QED) is 0.761. The lowest BCUT2D eigenvalue weighted by molar-refractivity contribution is -0.142. The zero-order valence-electron chi connectivity index (χ0n) is 11.7. The van der Waals surface area contributed by atoms with Gasteiger partial charge in [0.1, 0.15) is 0 Å². The molecule has 0 unspecified atom stereocenters. The molecule has 2 rings (SSSR count). The van der Waals surface area contributed by atoms with Crippen molar-refractivity contribution in [1.29, 1.82) is 0 Å². The van der Waals surface area contributed by atoms with Crippen LogP contribution in [0.15, 0.2) is 21.9 Å². The minimum Gasteiger partial charge on any atom is -0.468 e. The minimum atomic E-state index is -0.281. The molecule has 0 bridgehead atoms. The van der Waals surface area contributed by atoms with E-state index in [4.69, 9.17) is 4.42 Å². The van der Waals surface area contributed by atoms with Crippen molar-refractivity contribution < 1.29 is 13.9 Å². The molecule has 2 heterocycles. The molecule has 20 heavy (non-hydrogen) atoms. The summed E-state index contributed by atoms with van der Waals surface area (Å²) in [5, 5.41) is 10.0. The molecule has 0 radical (unpaired) electrons. The Morgan fingerprint density at radius 3 is 2.90 bits per heavy atom. The lowest BCUT2D eigenvalue weighted by atomic mass is 10.3. The van der Waals surface area contributed by atoms with Crippen LogP contribution in [0, 0.1) is 0 Å². The van der Waals surface area contributed by atoms with Crippen LogP contribution in [0.3, 0.4) is 0 Å². The number of methoxy groups -OCH3 is 1. The summed E-state index contributed by atoms with van der Waals surface area (Å²) < 4.78 is 10.3. The lowest BCUT2D eigenvalue weighted by Gasteiger charge is -2.23. The van der Waals surface area contributed by atoms with Gasteiger partial charge in [0, 0.05) is 6.04 Å². The van der Waals surface area contributed by atoms with Gasteiger partial charge in [-0.15, -0.1) is 21.5 Å². The van der Waals surface area contributed by atoms with Crippen molar-refractivity contribution in [3.63, 3.8) is 0 Å². The number of carbonyl (C=O) groups is 1. The second-order valence-electron chi connectivity index (χ2n) is 4.55. The molecule has 0 saturated heterocycles. The average Bonchev–Trinajstić information content (AvgIpc) is 3.08. The van der Waals surface area contributed by atoms with E-state index < -0.39 is 0 Å². The molecular formula is C13H17N3O3S. The maximum Gasteiger partial charge on any atom is 0.319 e. The molecule has 0 amide bonds. The van der Waals surface area contributed by atoms with Gasteiger partial charge in [-0.1, -0.05) is 6.07 Å². The lowest BCUT2D eigenvalue weighted by Crippen LogP contribution is -2.35. The Balaban J connectivity index is 2.05. The van der Waals surface area contributed by atoms with Crippen molar-refractivity contribution in [2.45, 2.75) is 26.4 Å². The maximum absolute atomic E-state index is 11.4. The van der Waals surface area contributed by atoms with Crippen LogP contribution in [0.2, 0.25) is 0 Å². The van der Waals surface area contributed by atoms with E-state index >= 15 is 0 Å². The molecule has 2 aromatic rings. The average molecular weight is 295 g/mol. The number of ether oxygens (including phenoxy) is 1. The van der Waals surface area contributed by atoms with Crippen LogP contribution in [0.25, 0.3) is 10.8 Å². The molecule has 7 heteroatoms. The van der Waals surface area contributed by atoms with E-state index in [2.05, 4.69) is 14.9 Å². The van der Waals surface area contributed by atoms with Gasteiger partial charge in [0.05, 0.1) is 25.1 Å². The van der Waals surface area contributed by atoms with Gasteiger partial charge in [-0.2, -0.15) is 0 Å². The molecule has 0 spiro atoms. The van der Waals surface area contributed by atoms with Gasteiger partial charge in [-0.3, -0.25) is 9.69 Å². The van der Waals surface area contributed by atoms with Gasteiger partial charge in [0.25, 0.3) is 5.89 Å². The summed E-state index contributed by atoms with van der Waals surface area (Å²) in [5.74, 6) is 0.722. The number of carbonyl (C=O) groups excluding carboxylic acids is 1. The standard InChI is InChI=1S/C13H17N3O3S/c1-9(2)16(8-12(17)18-3)7-11-14-15-13(19-11)10-5-4-6-20-10/h4-6,9H,7-8H2,1-3H3. The van der Waals surface area contributed by atoms with E-state index in [1.165, 1.54) is 7.11 Å². The topological polar surface area (TPSA) is 68.5 Å². The minimum absolute atomic E-state index is 0.172. The largest absolute Gasteiger partial charge is 0.468 e. The highest BCUT2D eigenvalue weighted by Gasteiger charge is 2.18. The first kappa shape index (κ1) is 14.7. The van der Waals surface area contributed by atoms with E-state index in [-0.39, 0.29) is 18.6 Å². The number of nitrogens with zero attached hydrogens (tertiary/aromatic N) is 3. The fourth-order valence-corrected chi connectivity index (χ4v) is 2.29. The highest BCUT2D eigenvalue weighted by molar-refractivity contribution is 7.13. The Morgan fingerprint density at radius 1 is 1.50 bits per heavy atom. The number of rotatable bonds is 6. The second kappa shape index (κ2) is 6.62. The highest BCUT2D eigenvalue weighted by atomic mass is 32.1. The molecule has 6 nitrogen and oxygen atoms in total. The molecule has 0 atom stereocenters. The van der Waals surface area contributed by atoms with E-state index in [1.807, 2.05) is 36.3 Å². The monoisotopic (exact) mass is 295 g/mol. The van der Waals surface area contributed by atoms with Crippen LogP contribution in [-0.2, 0) is 16.1 Å². The number of hydrogen-bond donors (Lipinski definition) is 0. The Labute approximate surface area is 121 Å². The summed E-state index contributed by atoms with van der Waals surface area (Å²) in [6.07, 6.45) is 0. The highest BCUT2D eigenvalue weighted by Crippen LogP contribution is 2.23. The zero-order chi connectivity index (χ0) is 14.5. The van der Waals surface area contributed by atoms with Gasteiger partial charge >= 0.3 is 5.97 Å². The van der Waals surface area contributed by atoms with Crippen molar-refractivity contribution in [3.05, 3.63) is 23.4 Å². The van der Waals surface area contributed by atoms with Crippen LogP contribution in [0.1, 0.15) is 19.7 Å². The second-order valence-corrected chi connectivity index (χ2v) is 5.50. The van der Waals surface area contributed by atoms with Crippen LogP contribution in [-0.4, -0.2) is 40.8 Å². The Kier molecular flexibility index (Phi) is 4.86. The Hall–Kier alpha value is -1.73. The number of thiophene rings is 1. The summed E-state index contributed by atoms with van der Waals surface area (Å²) in [4.78, 5) is 14.2. The Bertz CT molecular complexity index is 551. The molecule has 0 aromatic carbocycles. The first-order valence-corrected chi connectivity index (χ1v) is 7.15. The van der Waals surface area contributed by atoms with Crippen molar-refractivity contribution in [2.75, 3.05) is 13.7 Å². The fraction of sp³-hybridized carbons (Fsp3) is 0.462. The van der Waals surface area contributed by atoms with E-state index in [9.17, 15) is 4.79 Å². The third kappa shape index (κ3) is 3.64. The van der Waals surface area contributed by atoms with Gasteiger partial charge in [0.15, 0.2) is 0 Å². The SMILES string of the molecule is COC(=O)CN(Cc1nnc(-c2cccs2)o1)C(C)C. The van der Waals surface area contributed by atoms with Gasteiger partial charge in [0.2, 0.25) is 5.89 Å². The van der Waals surface area contributed by atoms with Crippen molar-refractivity contribution >= 4 is 17.3 Å². The molecule has 0 saturated carbocycles. The van der Waals surface area contributed by atoms with Crippen molar-refractivity contribution in [1.82, 2.24) is 15.1 Å². The maximum atomic E-state index is 11.4. The van der Waals surface area contributed by atoms with Gasteiger partial charge < -0.3 is 9.15 Å². The van der Waals surface area contributed by atoms with Crippen molar-refractivity contribution in [2.24, 2.45) is 0 Å². The molecule has 0 aliphatic rings. The number of hydrogen-bond acceptors (Lipinski definition) is 7. The van der Waals surface area contributed by atoms with E-state index in [0.717, 1.165) is 4.88 Å². The number of esters is 1. The first-order chi connectivity index (χ1) is 9.60. The van der Waals surface area contributed by atoms with Crippen LogP contribution in [0.4, 0.5) is 0 Å². The van der Waals surface area contributed by atoms with Crippen molar-refractivity contribution in [3.8, 4) is 10.8 Å². The Morgan fingerprint density at radius 2 is 2.30 bits per heavy atom. The predicted molar refractivity (Wildman–Crippen MR) is 75.2 cm³/mol. The number of aromatic nitrogens is 2. The van der Waals surface area contributed by atoms with Gasteiger partial charge in [-0.05, 0) is 25.3 Å². The summed E-state index contributed by atoms with van der Waals surface area (Å²) in [6, 6.07) is 4.03. The molecule has 2 aromatic heterocycles. The zero-order valence-corrected chi connectivity index (χ0v) is 12.5. The molecule has 0 aliphatic carbocycles. The summed E-state index contributed by atoms with van der Waals surface area (Å²) >= 11 is 1.54. The molecule has 108 valence electrons. The molecule has 0 fully saturated rings. The van der Waals surface area contributed by atoms with Crippen LogP contribution in [0.5, 0.6) is 0 Å². The summed E-state index contributed by atoms with van der Waals surface area (Å²) in [5.41, 5.74) is 0. The smallest absolute Gasteiger partial charge is 0.319 e. The summed E-state index contributed by atoms with van der Waals surface area (Å²) in [7, 11) is 1.38.